The molecule has 3 aromatic rings. The molecular weight excluding hydrogens is 393 g/mol. The summed E-state index contributed by atoms with van der Waals surface area (Å²) in [6.45, 7) is 1.83. The maximum Gasteiger partial charge on any atom is 0.228 e. The zero-order chi connectivity index (χ0) is 18.8. The van der Waals surface area contributed by atoms with Crippen LogP contribution < -0.4 is 5.32 Å². The van der Waals surface area contributed by atoms with Gasteiger partial charge in [0.05, 0.1) is 12.1 Å². The van der Waals surface area contributed by atoms with Gasteiger partial charge in [0.25, 0.3) is 0 Å². The number of anilines is 1. The van der Waals surface area contributed by atoms with Gasteiger partial charge >= 0.3 is 0 Å². The molecule has 0 aliphatic carbocycles. The van der Waals surface area contributed by atoms with Crippen LogP contribution in [0.3, 0.4) is 0 Å². The van der Waals surface area contributed by atoms with E-state index in [1.54, 1.807) is 23.9 Å². The van der Waals surface area contributed by atoms with Gasteiger partial charge in [-0.3, -0.25) is 9.48 Å². The van der Waals surface area contributed by atoms with E-state index in [2.05, 4.69) is 10.4 Å². The zero-order valence-corrected chi connectivity index (χ0v) is 16.5. The number of para-hydroxylation sites is 1. The van der Waals surface area contributed by atoms with Crippen molar-refractivity contribution in [1.82, 2.24) is 9.78 Å². The summed E-state index contributed by atoms with van der Waals surface area (Å²) in [5.74, 6) is -0.180. The SMILES string of the molecule is Cc1nn(C)c(Cl)c1CC(=O)Nc1ccccc1-c1ccc(Cl)cc1Cl. The predicted octanol–water partition coefficient (Wildman–Crippen LogP) is 5.54. The van der Waals surface area contributed by atoms with Gasteiger partial charge < -0.3 is 5.32 Å². The fourth-order valence-corrected chi connectivity index (χ4v) is 3.52. The Bertz CT molecular complexity index is 982. The minimum atomic E-state index is -0.180. The summed E-state index contributed by atoms with van der Waals surface area (Å²) in [6.07, 6.45) is 0.140. The number of nitrogens with one attached hydrogen (secondary N) is 1. The Labute approximate surface area is 166 Å². The summed E-state index contributed by atoms with van der Waals surface area (Å²) in [4.78, 5) is 12.6. The molecule has 0 saturated heterocycles. The van der Waals surface area contributed by atoms with Gasteiger partial charge in [-0.1, -0.05) is 59.1 Å². The number of aromatic nitrogens is 2. The van der Waals surface area contributed by atoms with Crippen molar-refractivity contribution >= 4 is 46.4 Å². The Morgan fingerprint density at radius 2 is 1.85 bits per heavy atom. The lowest BCUT2D eigenvalue weighted by molar-refractivity contribution is -0.115. The number of rotatable bonds is 4. The molecule has 0 atom stereocenters. The zero-order valence-electron chi connectivity index (χ0n) is 14.2. The predicted molar refractivity (Wildman–Crippen MR) is 107 cm³/mol. The Morgan fingerprint density at radius 1 is 1.12 bits per heavy atom. The van der Waals surface area contributed by atoms with Crippen molar-refractivity contribution in [3.8, 4) is 11.1 Å². The Kier molecular flexibility index (Phi) is 5.56. The fourth-order valence-electron chi connectivity index (χ4n) is 2.76. The lowest BCUT2D eigenvalue weighted by Gasteiger charge is -2.13. The second-order valence-electron chi connectivity index (χ2n) is 5.87. The quantitative estimate of drug-likeness (QED) is 0.616. The van der Waals surface area contributed by atoms with Gasteiger partial charge in [0.2, 0.25) is 5.91 Å². The molecule has 1 amide bonds. The first-order valence-electron chi connectivity index (χ1n) is 7.89. The lowest BCUT2D eigenvalue weighted by Crippen LogP contribution is -2.15. The van der Waals surface area contributed by atoms with Gasteiger partial charge in [0.15, 0.2) is 0 Å². The van der Waals surface area contributed by atoms with Crippen LogP contribution in [0.5, 0.6) is 0 Å². The molecule has 3 rings (SSSR count). The van der Waals surface area contributed by atoms with Crippen LogP contribution in [0.1, 0.15) is 11.3 Å². The average Bonchev–Trinajstić information content (AvgIpc) is 2.82. The molecule has 7 heteroatoms. The van der Waals surface area contributed by atoms with Gasteiger partial charge in [-0.25, -0.2) is 0 Å². The molecule has 0 spiro atoms. The summed E-state index contributed by atoms with van der Waals surface area (Å²) in [5, 5.41) is 8.71. The summed E-state index contributed by atoms with van der Waals surface area (Å²) >= 11 is 18.5. The van der Waals surface area contributed by atoms with Gasteiger partial charge in [-0.2, -0.15) is 5.10 Å². The molecular formula is C19H16Cl3N3O. The van der Waals surface area contributed by atoms with Gasteiger partial charge in [0, 0.05) is 39.5 Å². The van der Waals surface area contributed by atoms with E-state index in [4.69, 9.17) is 34.8 Å². The lowest BCUT2D eigenvalue weighted by atomic mass is 10.0. The maximum atomic E-state index is 12.6. The second-order valence-corrected chi connectivity index (χ2v) is 7.07. The highest BCUT2D eigenvalue weighted by Crippen LogP contribution is 2.35. The van der Waals surface area contributed by atoms with E-state index < -0.39 is 0 Å². The van der Waals surface area contributed by atoms with Gasteiger partial charge in [0.1, 0.15) is 5.15 Å². The topological polar surface area (TPSA) is 46.9 Å². The molecule has 1 aromatic heterocycles. The number of nitrogens with zero attached hydrogens (tertiary/aromatic N) is 2. The molecule has 26 heavy (non-hydrogen) atoms. The summed E-state index contributed by atoms with van der Waals surface area (Å²) in [6, 6.07) is 12.7. The van der Waals surface area contributed by atoms with E-state index in [-0.39, 0.29) is 12.3 Å². The van der Waals surface area contributed by atoms with E-state index in [9.17, 15) is 4.79 Å². The van der Waals surface area contributed by atoms with Crippen LogP contribution in [-0.2, 0) is 18.3 Å². The minimum absolute atomic E-state index is 0.140. The minimum Gasteiger partial charge on any atom is -0.325 e. The largest absolute Gasteiger partial charge is 0.325 e. The third-order valence-electron chi connectivity index (χ3n) is 4.03. The summed E-state index contributed by atoms with van der Waals surface area (Å²) < 4.78 is 1.56. The second kappa shape index (κ2) is 7.70. The molecule has 0 unspecified atom stereocenters. The molecule has 0 radical (unpaired) electrons. The number of carbonyl (C=O) groups is 1. The highest BCUT2D eigenvalue weighted by molar-refractivity contribution is 6.36. The van der Waals surface area contributed by atoms with Crippen molar-refractivity contribution in [1.29, 1.82) is 0 Å². The van der Waals surface area contributed by atoms with Crippen molar-refractivity contribution in [2.45, 2.75) is 13.3 Å². The number of halogens is 3. The molecule has 0 aliphatic rings. The van der Waals surface area contributed by atoms with Crippen molar-refractivity contribution in [2.75, 3.05) is 5.32 Å². The van der Waals surface area contributed by atoms with Gasteiger partial charge in [-0.05, 0) is 25.1 Å². The maximum absolute atomic E-state index is 12.6. The van der Waals surface area contributed by atoms with Crippen molar-refractivity contribution in [2.24, 2.45) is 7.05 Å². The first kappa shape index (κ1) is 18.8. The van der Waals surface area contributed by atoms with E-state index >= 15 is 0 Å². The smallest absolute Gasteiger partial charge is 0.228 e. The van der Waals surface area contributed by atoms with Crippen LogP contribution in [0.25, 0.3) is 11.1 Å². The Hall–Kier alpha value is -2.01. The molecule has 0 fully saturated rings. The van der Waals surface area contributed by atoms with Crippen LogP contribution in [-0.4, -0.2) is 15.7 Å². The van der Waals surface area contributed by atoms with Crippen molar-refractivity contribution in [3.05, 3.63) is 68.9 Å². The van der Waals surface area contributed by atoms with Crippen LogP contribution in [0, 0.1) is 6.92 Å². The molecule has 0 bridgehead atoms. The molecule has 2 aromatic carbocycles. The number of benzene rings is 2. The normalized spacial score (nSPS) is 10.8. The monoisotopic (exact) mass is 407 g/mol. The first-order valence-corrected chi connectivity index (χ1v) is 9.02. The summed E-state index contributed by atoms with van der Waals surface area (Å²) in [5.41, 5.74) is 3.73. The number of hydrogen-bond donors (Lipinski definition) is 1. The molecule has 0 aliphatic heterocycles. The van der Waals surface area contributed by atoms with Crippen LogP contribution >= 0.6 is 34.8 Å². The van der Waals surface area contributed by atoms with Crippen LogP contribution in [0.2, 0.25) is 15.2 Å². The fraction of sp³-hybridized carbons (Fsp3) is 0.158. The molecule has 1 heterocycles. The first-order chi connectivity index (χ1) is 12.4. The highest BCUT2D eigenvalue weighted by Gasteiger charge is 2.16. The molecule has 4 nitrogen and oxygen atoms in total. The summed E-state index contributed by atoms with van der Waals surface area (Å²) in [7, 11) is 1.74. The van der Waals surface area contributed by atoms with E-state index in [1.165, 1.54) is 0 Å². The molecule has 0 saturated carbocycles. The third kappa shape index (κ3) is 3.88. The average molecular weight is 409 g/mol. The number of carbonyl (C=O) groups excluding carboxylic acids is 1. The Balaban J connectivity index is 1.88. The van der Waals surface area contributed by atoms with Crippen LogP contribution in [0.15, 0.2) is 42.5 Å². The van der Waals surface area contributed by atoms with Crippen molar-refractivity contribution in [3.63, 3.8) is 0 Å². The molecule has 134 valence electrons. The Morgan fingerprint density at radius 3 is 2.50 bits per heavy atom. The standard InChI is InChI=1S/C19H16Cl3N3O/c1-11-15(19(22)25(2)24-11)10-18(26)23-17-6-4-3-5-14(17)13-8-7-12(20)9-16(13)21/h3-9H,10H2,1-2H3,(H,23,26). The number of aryl methyl sites for hydroxylation is 2. The third-order valence-corrected chi connectivity index (χ3v) is 5.05. The van der Waals surface area contributed by atoms with Crippen molar-refractivity contribution < 1.29 is 4.79 Å². The van der Waals surface area contributed by atoms with E-state index in [0.29, 0.717) is 26.4 Å². The highest BCUT2D eigenvalue weighted by atomic mass is 35.5. The van der Waals surface area contributed by atoms with Crippen LogP contribution in [0.4, 0.5) is 5.69 Å². The number of amides is 1. The number of hydrogen-bond acceptors (Lipinski definition) is 2. The van der Waals surface area contributed by atoms with E-state index in [1.807, 2.05) is 37.3 Å². The molecule has 1 N–H and O–H groups in total. The van der Waals surface area contributed by atoms with E-state index in [0.717, 1.165) is 16.8 Å². The van der Waals surface area contributed by atoms with Gasteiger partial charge in [-0.15, -0.1) is 0 Å².